The Kier molecular flexibility index (Phi) is 2.41. The molecule has 2 aliphatic heterocycles. The largest absolute Gasteiger partial charge is 0.294 e. The lowest BCUT2D eigenvalue weighted by Gasteiger charge is -2.26. The van der Waals surface area contributed by atoms with Gasteiger partial charge in [-0.05, 0) is 18.1 Å². The lowest BCUT2D eigenvalue weighted by atomic mass is 10.2. The van der Waals surface area contributed by atoms with Gasteiger partial charge in [-0.15, -0.1) is 0 Å². The van der Waals surface area contributed by atoms with E-state index in [1.165, 1.54) is 18.4 Å². The molecule has 4 heteroatoms. The van der Waals surface area contributed by atoms with Crippen molar-refractivity contribution in [1.82, 2.24) is 9.88 Å². The number of hydrogen-bond donors (Lipinski definition) is 0. The van der Waals surface area contributed by atoms with Gasteiger partial charge in [-0.1, -0.05) is 0 Å². The van der Waals surface area contributed by atoms with Gasteiger partial charge in [0.1, 0.15) is 5.82 Å². The highest BCUT2D eigenvalue weighted by molar-refractivity contribution is 8.00. The second kappa shape index (κ2) is 3.76. The minimum Gasteiger partial charge on any atom is -0.294 e. The van der Waals surface area contributed by atoms with Gasteiger partial charge in [-0.2, -0.15) is 11.8 Å². The monoisotopic (exact) mass is 224 g/mol. The van der Waals surface area contributed by atoms with Crippen molar-refractivity contribution >= 4 is 11.8 Å². The normalized spacial score (nSPS) is 29.9. The average molecular weight is 224 g/mol. The first-order valence-electron chi connectivity index (χ1n) is 5.26. The molecule has 2 bridgehead atoms. The number of hydrogen-bond acceptors (Lipinski definition) is 3. The van der Waals surface area contributed by atoms with E-state index in [0.29, 0.717) is 6.04 Å². The first-order valence-corrected chi connectivity index (χ1v) is 6.31. The molecular formula is C11H13FN2S. The number of nitrogens with zero attached hydrogens (tertiary/aromatic N) is 2. The molecule has 0 aliphatic carbocycles. The molecule has 3 heterocycles. The van der Waals surface area contributed by atoms with E-state index >= 15 is 0 Å². The summed E-state index contributed by atoms with van der Waals surface area (Å²) in [5, 5.41) is 0.816. The van der Waals surface area contributed by atoms with Gasteiger partial charge in [0.2, 0.25) is 0 Å². The van der Waals surface area contributed by atoms with Crippen LogP contribution in [-0.4, -0.2) is 33.5 Å². The topological polar surface area (TPSA) is 16.1 Å². The van der Waals surface area contributed by atoms with E-state index in [9.17, 15) is 4.39 Å². The first-order chi connectivity index (χ1) is 7.31. The summed E-state index contributed by atoms with van der Waals surface area (Å²) < 4.78 is 12.9. The lowest BCUT2D eigenvalue weighted by Crippen LogP contribution is -2.33. The second-order valence-corrected chi connectivity index (χ2v) is 5.62. The van der Waals surface area contributed by atoms with E-state index in [2.05, 4.69) is 21.6 Å². The fourth-order valence-electron chi connectivity index (χ4n) is 2.45. The second-order valence-electron chi connectivity index (χ2n) is 4.29. The predicted octanol–water partition coefficient (Wildman–Crippen LogP) is 1.91. The van der Waals surface area contributed by atoms with Gasteiger partial charge in [0.05, 0.1) is 6.20 Å². The van der Waals surface area contributed by atoms with Crippen LogP contribution in [0.4, 0.5) is 4.39 Å². The van der Waals surface area contributed by atoms with Gasteiger partial charge in [-0.3, -0.25) is 9.88 Å². The molecular weight excluding hydrogens is 211 g/mol. The highest BCUT2D eigenvalue weighted by Crippen LogP contribution is 2.37. The molecule has 0 aromatic carbocycles. The van der Waals surface area contributed by atoms with Crippen LogP contribution in [0.25, 0.3) is 0 Å². The van der Waals surface area contributed by atoms with Gasteiger partial charge in [0, 0.05) is 36.3 Å². The molecule has 1 aromatic rings. The van der Waals surface area contributed by atoms with E-state index in [0.717, 1.165) is 23.9 Å². The highest BCUT2D eigenvalue weighted by atomic mass is 32.2. The van der Waals surface area contributed by atoms with Gasteiger partial charge >= 0.3 is 0 Å². The van der Waals surface area contributed by atoms with Crippen LogP contribution in [0.5, 0.6) is 0 Å². The number of likely N-dealkylation sites (tertiary alicyclic amines) is 1. The highest BCUT2D eigenvalue weighted by Gasteiger charge is 2.38. The van der Waals surface area contributed by atoms with E-state index < -0.39 is 0 Å². The van der Waals surface area contributed by atoms with Crippen molar-refractivity contribution in [2.24, 2.45) is 0 Å². The van der Waals surface area contributed by atoms with Crippen molar-refractivity contribution in [3.63, 3.8) is 0 Å². The van der Waals surface area contributed by atoms with E-state index in [4.69, 9.17) is 0 Å². The zero-order chi connectivity index (χ0) is 10.3. The van der Waals surface area contributed by atoms with Crippen LogP contribution in [0.3, 0.4) is 0 Å². The van der Waals surface area contributed by atoms with E-state index in [-0.39, 0.29) is 5.82 Å². The van der Waals surface area contributed by atoms with Crippen LogP contribution in [0, 0.1) is 5.82 Å². The molecule has 0 N–H and O–H groups in total. The zero-order valence-electron chi connectivity index (χ0n) is 8.40. The van der Waals surface area contributed by atoms with Gasteiger partial charge in [0.25, 0.3) is 0 Å². The van der Waals surface area contributed by atoms with E-state index in [1.54, 1.807) is 12.3 Å². The minimum atomic E-state index is -0.230. The van der Waals surface area contributed by atoms with Crippen molar-refractivity contribution < 1.29 is 4.39 Å². The van der Waals surface area contributed by atoms with Crippen LogP contribution < -0.4 is 0 Å². The summed E-state index contributed by atoms with van der Waals surface area (Å²) in [5.41, 5.74) is 0.993. The van der Waals surface area contributed by atoms with Crippen LogP contribution in [0.15, 0.2) is 18.5 Å². The molecule has 2 atom stereocenters. The van der Waals surface area contributed by atoms with Crippen LogP contribution in [0.1, 0.15) is 12.0 Å². The summed E-state index contributed by atoms with van der Waals surface area (Å²) in [7, 11) is 0. The first kappa shape index (κ1) is 9.60. The summed E-state index contributed by atoms with van der Waals surface area (Å²) in [6, 6.07) is 2.30. The summed E-state index contributed by atoms with van der Waals surface area (Å²) in [6.07, 6.45) is 4.34. The maximum atomic E-state index is 12.9. The van der Waals surface area contributed by atoms with Crippen LogP contribution in [-0.2, 0) is 6.54 Å². The Morgan fingerprint density at radius 2 is 2.47 bits per heavy atom. The molecule has 80 valence electrons. The Labute approximate surface area is 92.9 Å². The van der Waals surface area contributed by atoms with Crippen molar-refractivity contribution in [3.8, 4) is 0 Å². The molecule has 0 saturated carbocycles. The Morgan fingerprint density at radius 3 is 3.13 bits per heavy atom. The van der Waals surface area contributed by atoms with Crippen LogP contribution >= 0.6 is 11.8 Å². The van der Waals surface area contributed by atoms with Crippen molar-refractivity contribution in [2.45, 2.75) is 24.3 Å². The summed E-state index contributed by atoms with van der Waals surface area (Å²) in [5.74, 6) is 1.01. The molecule has 2 nitrogen and oxygen atoms in total. The number of pyridine rings is 1. The number of halogens is 1. The quantitative estimate of drug-likeness (QED) is 0.763. The number of thioether (sulfide) groups is 1. The Hall–Kier alpha value is -0.610. The molecule has 3 rings (SSSR count). The van der Waals surface area contributed by atoms with Gasteiger partial charge in [0.15, 0.2) is 0 Å². The zero-order valence-corrected chi connectivity index (χ0v) is 9.21. The molecule has 0 amide bonds. The van der Waals surface area contributed by atoms with Crippen molar-refractivity contribution in [1.29, 1.82) is 0 Å². The summed E-state index contributed by atoms with van der Waals surface area (Å²) in [6.45, 7) is 2.01. The number of aromatic nitrogens is 1. The molecule has 2 aliphatic rings. The third-order valence-corrected chi connectivity index (χ3v) is 4.55. The van der Waals surface area contributed by atoms with Crippen molar-refractivity contribution in [2.75, 3.05) is 12.3 Å². The Bertz CT molecular complexity index is 371. The fourth-order valence-corrected chi connectivity index (χ4v) is 3.95. The maximum Gasteiger partial charge on any atom is 0.141 e. The number of rotatable bonds is 2. The molecule has 1 aromatic heterocycles. The van der Waals surface area contributed by atoms with E-state index in [1.807, 2.05) is 0 Å². The molecule has 0 radical (unpaired) electrons. The fraction of sp³-hybridized carbons (Fsp3) is 0.545. The maximum absolute atomic E-state index is 12.9. The van der Waals surface area contributed by atoms with Crippen LogP contribution in [0.2, 0.25) is 0 Å². The standard InChI is InChI=1S/C11H13FN2S/c12-9-1-8(3-13-4-9)5-14-6-11-2-10(14)7-15-11/h1,3-4,10-11H,2,5-7H2/t10-,11-/m0/s1. The summed E-state index contributed by atoms with van der Waals surface area (Å²) >= 11 is 2.08. The SMILES string of the molecule is Fc1cncc(CN2C[C@@H]3C[C@H]2CS3)c1. The summed E-state index contributed by atoms with van der Waals surface area (Å²) in [4.78, 5) is 6.34. The van der Waals surface area contributed by atoms with Gasteiger partial charge < -0.3 is 0 Å². The Morgan fingerprint density at radius 1 is 1.53 bits per heavy atom. The molecule has 2 saturated heterocycles. The number of fused-ring (bicyclic) bond motifs is 2. The molecule has 0 unspecified atom stereocenters. The molecule has 15 heavy (non-hydrogen) atoms. The lowest BCUT2D eigenvalue weighted by molar-refractivity contribution is 0.260. The molecule has 0 spiro atoms. The Balaban J connectivity index is 1.71. The van der Waals surface area contributed by atoms with Gasteiger partial charge in [-0.25, -0.2) is 4.39 Å². The predicted molar refractivity (Wildman–Crippen MR) is 59.3 cm³/mol. The smallest absolute Gasteiger partial charge is 0.141 e. The third-order valence-electron chi connectivity index (χ3n) is 3.16. The average Bonchev–Trinajstić information content (AvgIpc) is 2.79. The third kappa shape index (κ3) is 1.88. The van der Waals surface area contributed by atoms with Crippen molar-refractivity contribution in [3.05, 3.63) is 29.8 Å². The minimum absolute atomic E-state index is 0.230. The molecule has 2 fully saturated rings.